The monoisotopic (exact) mass is 341 g/mol. The Kier molecular flexibility index (Phi) is 4.35. The molecule has 120 valence electrons. The number of nitrogens with one attached hydrogen (secondary N) is 1. The van der Waals surface area contributed by atoms with Crippen LogP contribution in [0.4, 0.5) is 9.52 Å². The molecule has 0 saturated heterocycles. The second kappa shape index (κ2) is 6.59. The molecule has 1 heterocycles. The first-order valence-electron chi connectivity index (χ1n) is 6.95. The van der Waals surface area contributed by atoms with Crippen LogP contribution in [0.1, 0.15) is 20.7 Å². The van der Waals surface area contributed by atoms with Gasteiger partial charge in [-0.25, -0.2) is 9.37 Å². The van der Waals surface area contributed by atoms with Crippen molar-refractivity contribution in [2.45, 2.75) is 0 Å². The van der Waals surface area contributed by atoms with Gasteiger partial charge in [0, 0.05) is 22.1 Å². The molecule has 0 aliphatic heterocycles. The molecule has 7 heteroatoms. The van der Waals surface area contributed by atoms with Gasteiger partial charge in [0.1, 0.15) is 5.82 Å². The number of hydrogen-bond acceptors (Lipinski definition) is 4. The zero-order valence-corrected chi connectivity index (χ0v) is 13.1. The van der Waals surface area contributed by atoms with Crippen molar-refractivity contribution < 1.29 is 14.0 Å². The number of aromatic nitrogens is 1. The van der Waals surface area contributed by atoms with E-state index in [2.05, 4.69) is 10.3 Å². The van der Waals surface area contributed by atoms with Crippen molar-refractivity contribution in [2.24, 2.45) is 5.73 Å². The van der Waals surface area contributed by atoms with Crippen molar-refractivity contribution in [3.63, 3.8) is 0 Å². The predicted molar refractivity (Wildman–Crippen MR) is 90.4 cm³/mol. The van der Waals surface area contributed by atoms with Gasteiger partial charge in [-0.05, 0) is 48.5 Å². The third-order valence-corrected chi connectivity index (χ3v) is 4.05. The SMILES string of the molecule is NC(=O)c1ccc(C(=O)Nc2nc(-c3ccc(F)cc3)cs2)cc1. The van der Waals surface area contributed by atoms with E-state index in [1.807, 2.05) is 0 Å². The zero-order valence-electron chi connectivity index (χ0n) is 12.3. The van der Waals surface area contributed by atoms with Crippen LogP contribution in [0.15, 0.2) is 53.9 Å². The fraction of sp³-hybridized carbons (Fsp3) is 0. The van der Waals surface area contributed by atoms with Crippen LogP contribution < -0.4 is 11.1 Å². The first-order valence-corrected chi connectivity index (χ1v) is 7.83. The van der Waals surface area contributed by atoms with Crippen LogP contribution in [0.2, 0.25) is 0 Å². The molecule has 0 atom stereocenters. The number of carbonyl (C=O) groups excluding carboxylic acids is 2. The average molecular weight is 341 g/mol. The summed E-state index contributed by atoms with van der Waals surface area (Å²) >= 11 is 1.27. The first-order chi connectivity index (χ1) is 11.5. The molecule has 3 N–H and O–H groups in total. The highest BCUT2D eigenvalue weighted by atomic mass is 32.1. The molecule has 3 rings (SSSR count). The Morgan fingerprint density at radius 2 is 1.62 bits per heavy atom. The van der Waals surface area contributed by atoms with Gasteiger partial charge in [-0.2, -0.15) is 0 Å². The fourth-order valence-corrected chi connectivity index (χ4v) is 2.75. The molecule has 0 aliphatic carbocycles. The minimum absolute atomic E-state index is 0.318. The Morgan fingerprint density at radius 3 is 2.25 bits per heavy atom. The Bertz CT molecular complexity index is 889. The van der Waals surface area contributed by atoms with Crippen molar-refractivity contribution in [2.75, 3.05) is 5.32 Å². The van der Waals surface area contributed by atoms with Gasteiger partial charge in [-0.15, -0.1) is 11.3 Å². The highest BCUT2D eigenvalue weighted by Gasteiger charge is 2.11. The normalized spacial score (nSPS) is 10.4. The van der Waals surface area contributed by atoms with E-state index in [1.165, 1.54) is 47.7 Å². The second-order valence-electron chi connectivity index (χ2n) is 4.94. The van der Waals surface area contributed by atoms with Gasteiger partial charge >= 0.3 is 0 Å². The van der Waals surface area contributed by atoms with Crippen molar-refractivity contribution in [3.05, 3.63) is 70.9 Å². The van der Waals surface area contributed by atoms with Crippen LogP contribution in [0.25, 0.3) is 11.3 Å². The number of carbonyl (C=O) groups is 2. The molecule has 0 spiro atoms. The van der Waals surface area contributed by atoms with E-state index < -0.39 is 5.91 Å². The molecule has 3 aromatic rings. The van der Waals surface area contributed by atoms with E-state index in [9.17, 15) is 14.0 Å². The molecular formula is C17H12FN3O2S. The highest BCUT2D eigenvalue weighted by molar-refractivity contribution is 7.14. The number of halogens is 1. The van der Waals surface area contributed by atoms with Gasteiger partial charge in [0.15, 0.2) is 5.13 Å². The summed E-state index contributed by atoms with van der Waals surface area (Å²) in [7, 11) is 0. The molecule has 0 bridgehead atoms. The quantitative estimate of drug-likeness (QED) is 0.763. The van der Waals surface area contributed by atoms with Crippen LogP contribution in [0.3, 0.4) is 0 Å². The summed E-state index contributed by atoms with van der Waals surface area (Å²) in [6.07, 6.45) is 0. The van der Waals surface area contributed by atoms with Gasteiger partial charge in [-0.3, -0.25) is 14.9 Å². The average Bonchev–Trinajstić information content (AvgIpc) is 3.04. The van der Waals surface area contributed by atoms with Gasteiger partial charge in [0.2, 0.25) is 5.91 Å². The largest absolute Gasteiger partial charge is 0.366 e. The standard InChI is InChI=1S/C17H12FN3O2S/c18-13-7-5-10(6-8-13)14-9-24-17(20-14)21-16(23)12-3-1-11(2-4-12)15(19)22/h1-9H,(H2,19,22)(H,20,21,23). The van der Waals surface area contributed by atoms with Crippen LogP contribution >= 0.6 is 11.3 Å². The lowest BCUT2D eigenvalue weighted by atomic mass is 10.1. The summed E-state index contributed by atoms with van der Waals surface area (Å²) in [6.45, 7) is 0. The Morgan fingerprint density at radius 1 is 1.00 bits per heavy atom. The van der Waals surface area contributed by atoms with E-state index in [0.29, 0.717) is 22.0 Å². The molecule has 0 aliphatic rings. The fourth-order valence-electron chi connectivity index (χ4n) is 2.04. The topological polar surface area (TPSA) is 85.1 Å². The molecule has 0 saturated carbocycles. The van der Waals surface area contributed by atoms with Gasteiger partial charge in [-0.1, -0.05) is 0 Å². The molecule has 5 nitrogen and oxygen atoms in total. The number of hydrogen-bond donors (Lipinski definition) is 2. The molecule has 24 heavy (non-hydrogen) atoms. The summed E-state index contributed by atoms with van der Waals surface area (Å²) in [5.74, 6) is -1.21. The molecule has 0 radical (unpaired) electrons. The van der Waals surface area contributed by atoms with Crippen molar-refractivity contribution in [1.29, 1.82) is 0 Å². The molecule has 2 aromatic carbocycles. The highest BCUT2D eigenvalue weighted by Crippen LogP contribution is 2.25. The molecule has 1 aromatic heterocycles. The first kappa shape index (κ1) is 15.8. The van der Waals surface area contributed by atoms with Crippen LogP contribution in [0, 0.1) is 5.82 Å². The maximum atomic E-state index is 12.9. The third-order valence-electron chi connectivity index (χ3n) is 3.30. The van der Waals surface area contributed by atoms with E-state index in [-0.39, 0.29) is 11.7 Å². The summed E-state index contributed by atoms with van der Waals surface area (Å²) in [4.78, 5) is 27.5. The minimum atomic E-state index is -0.550. The maximum absolute atomic E-state index is 12.9. The van der Waals surface area contributed by atoms with E-state index in [0.717, 1.165) is 5.56 Å². The van der Waals surface area contributed by atoms with Crippen LogP contribution in [0.5, 0.6) is 0 Å². The summed E-state index contributed by atoms with van der Waals surface area (Å²) in [5.41, 5.74) is 7.29. The van der Waals surface area contributed by atoms with Crippen LogP contribution in [-0.2, 0) is 0 Å². The number of thiazole rings is 1. The smallest absolute Gasteiger partial charge is 0.257 e. The Balaban J connectivity index is 1.73. The number of nitrogens with two attached hydrogens (primary N) is 1. The van der Waals surface area contributed by atoms with Gasteiger partial charge in [0.25, 0.3) is 5.91 Å². The molecule has 0 unspecified atom stereocenters. The summed E-state index contributed by atoms with van der Waals surface area (Å²) in [6, 6.07) is 12.0. The number of amides is 2. The lowest BCUT2D eigenvalue weighted by molar-refractivity contribution is 0.0995. The van der Waals surface area contributed by atoms with Crippen molar-refractivity contribution in [1.82, 2.24) is 4.98 Å². The van der Waals surface area contributed by atoms with E-state index >= 15 is 0 Å². The number of benzene rings is 2. The van der Waals surface area contributed by atoms with Crippen LogP contribution in [-0.4, -0.2) is 16.8 Å². The number of anilines is 1. The third kappa shape index (κ3) is 3.47. The van der Waals surface area contributed by atoms with Crippen molar-refractivity contribution >= 4 is 28.3 Å². The lowest BCUT2D eigenvalue weighted by Gasteiger charge is -2.02. The molecule has 2 amide bonds. The Labute approximate surface area is 141 Å². The Hall–Kier alpha value is -3.06. The number of rotatable bonds is 4. The van der Waals surface area contributed by atoms with Gasteiger partial charge < -0.3 is 5.73 Å². The summed E-state index contributed by atoms with van der Waals surface area (Å²) in [5, 5.41) is 4.89. The lowest BCUT2D eigenvalue weighted by Crippen LogP contribution is -2.14. The summed E-state index contributed by atoms with van der Waals surface area (Å²) < 4.78 is 12.9. The minimum Gasteiger partial charge on any atom is -0.366 e. The maximum Gasteiger partial charge on any atom is 0.257 e. The van der Waals surface area contributed by atoms with E-state index in [4.69, 9.17) is 5.73 Å². The predicted octanol–water partition coefficient (Wildman–Crippen LogP) is 3.30. The number of nitrogens with zero attached hydrogens (tertiary/aromatic N) is 1. The van der Waals surface area contributed by atoms with Gasteiger partial charge in [0.05, 0.1) is 5.69 Å². The van der Waals surface area contributed by atoms with Crippen molar-refractivity contribution in [3.8, 4) is 11.3 Å². The molecular weight excluding hydrogens is 329 g/mol. The molecule has 0 fully saturated rings. The van der Waals surface area contributed by atoms with E-state index in [1.54, 1.807) is 17.5 Å². The zero-order chi connectivity index (χ0) is 17.1. The number of primary amides is 1. The second-order valence-corrected chi connectivity index (χ2v) is 5.80.